The lowest BCUT2D eigenvalue weighted by atomic mass is 9.88. The first-order valence-electron chi connectivity index (χ1n) is 9.18. The molecule has 0 bridgehead atoms. The highest BCUT2D eigenvalue weighted by Gasteiger charge is 2.32. The number of benzene rings is 2. The molecule has 0 saturated heterocycles. The maximum Gasteiger partial charge on any atom is 0.335 e. The highest BCUT2D eigenvalue weighted by molar-refractivity contribution is 5.87. The SMILES string of the molecule is Cc1cccc(CC2CCCC2C(=O)NCc2ccc(C(=O)O)cc2)c1. The van der Waals surface area contributed by atoms with E-state index in [4.69, 9.17) is 5.11 Å². The minimum Gasteiger partial charge on any atom is -0.478 e. The van der Waals surface area contributed by atoms with Crippen molar-refractivity contribution in [3.63, 3.8) is 0 Å². The number of carbonyl (C=O) groups is 2. The van der Waals surface area contributed by atoms with Crippen LogP contribution in [0.2, 0.25) is 0 Å². The van der Waals surface area contributed by atoms with E-state index in [0.29, 0.717) is 12.5 Å². The third kappa shape index (κ3) is 4.51. The van der Waals surface area contributed by atoms with Crippen LogP contribution >= 0.6 is 0 Å². The third-order valence-corrected chi connectivity index (χ3v) is 5.24. The summed E-state index contributed by atoms with van der Waals surface area (Å²) in [6, 6.07) is 15.2. The summed E-state index contributed by atoms with van der Waals surface area (Å²) in [7, 11) is 0. The van der Waals surface area contributed by atoms with E-state index in [-0.39, 0.29) is 17.4 Å². The molecule has 3 rings (SSSR count). The number of hydrogen-bond acceptors (Lipinski definition) is 2. The molecule has 2 N–H and O–H groups in total. The smallest absolute Gasteiger partial charge is 0.335 e. The van der Waals surface area contributed by atoms with Crippen molar-refractivity contribution < 1.29 is 14.7 Å². The fourth-order valence-corrected chi connectivity index (χ4v) is 3.85. The van der Waals surface area contributed by atoms with Crippen LogP contribution < -0.4 is 5.32 Å². The highest BCUT2D eigenvalue weighted by Crippen LogP contribution is 2.34. The van der Waals surface area contributed by atoms with Gasteiger partial charge in [0, 0.05) is 12.5 Å². The lowest BCUT2D eigenvalue weighted by Crippen LogP contribution is -2.33. The number of carboxylic acids is 1. The van der Waals surface area contributed by atoms with Gasteiger partial charge in [-0.2, -0.15) is 0 Å². The Morgan fingerprint density at radius 2 is 1.85 bits per heavy atom. The molecule has 1 aliphatic rings. The molecule has 1 saturated carbocycles. The zero-order chi connectivity index (χ0) is 18.5. The van der Waals surface area contributed by atoms with Crippen molar-refractivity contribution in [1.29, 1.82) is 0 Å². The average molecular weight is 351 g/mol. The molecule has 2 aromatic rings. The van der Waals surface area contributed by atoms with Gasteiger partial charge in [0.2, 0.25) is 5.91 Å². The maximum atomic E-state index is 12.7. The van der Waals surface area contributed by atoms with Gasteiger partial charge in [0.1, 0.15) is 0 Å². The summed E-state index contributed by atoms with van der Waals surface area (Å²) in [6.45, 7) is 2.53. The molecule has 2 unspecified atom stereocenters. The first-order chi connectivity index (χ1) is 12.5. The van der Waals surface area contributed by atoms with Gasteiger partial charge >= 0.3 is 5.97 Å². The Balaban J connectivity index is 1.57. The molecule has 0 heterocycles. The molecule has 0 spiro atoms. The molecule has 1 aliphatic carbocycles. The Kier molecular flexibility index (Phi) is 5.71. The zero-order valence-corrected chi connectivity index (χ0v) is 15.1. The van der Waals surface area contributed by atoms with Crippen LogP contribution in [0.3, 0.4) is 0 Å². The number of carboxylic acid groups (broad SMARTS) is 1. The molecule has 0 aliphatic heterocycles. The van der Waals surface area contributed by atoms with E-state index >= 15 is 0 Å². The van der Waals surface area contributed by atoms with Crippen molar-refractivity contribution >= 4 is 11.9 Å². The number of aromatic carboxylic acids is 1. The van der Waals surface area contributed by atoms with Crippen LogP contribution in [0.25, 0.3) is 0 Å². The van der Waals surface area contributed by atoms with Crippen molar-refractivity contribution in [2.75, 3.05) is 0 Å². The Hall–Kier alpha value is -2.62. The van der Waals surface area contributed by atoms with E-state index in [9.17, 15) is 9.59 Å². The van der Waals surface area contributed by atoms with E-state index in [1.54, 1.807) is 24.3 Å². The Morgan fingerprint density at radius 1 is 1.08 bits per heavy atom. The molecule has 0 aromatic heterocycles. The molecule has 2 aromatic carbocycles. The summed E-state index contributed by atoms with van der Waals surface area (Å²) in [5.41, 5.74) is 3.73. The summed E-state index contributed by atoms with van der Waals surface area (Å²) >= 11 is 0. The summed E-state index contributed by atoms with van der Waals surface area (Å²) in [5.74, 6) is -0.368. The quantitative estimate of drug-likeness (QED) is 0.827. The number of aryl methyl sites for hydroxylation is 1. The van der Waals surface area contributed by atoms with Crippen molar-refractivity contribution in [3.05, 3.63) is 70.8 Å². The van der Waals surface area contributed by atoms with Crippen LogP contribution in [-0.2, 0) is 17.8 Å². The lowest BCUT2D eigenvalue weighted by molar-refractivity contribution is -0.126. The van der Waals surface area contributed by atoms with E-state index < -0.39 is 5.97 Å². The van der Waals surface area contributed by atoms with E-state index in [0.717, 1.165) is 31.2 Å². The first-order valence-corrected chi connectivity index (χ1v) is 9.18. The first kappa shape index (κ1) is 18.2. The van der Waals surface area contributed by atoms with Crippen LogP contribution in [0, 0.1) is 18.8 Å². The number of nitrogens with one attached hydrogen (secondary N) is 1. The summed E-state index contributed by atoms with van der Waals surface area (Å²) in [6.07, 6.45) is 4.09. The predicted octanol–water partition coefficient (Wildman–Crippen LogP) is 3.97. The normalized spacial score (nSPS) is 19.3. The Labute approximate surface area is 154 Å². The standard InChI is InChI=1S/C22H25NO3/c1-15-4-2-5-17(12-15)13-19-6-3-7-20(19)21(24)23-14-16-8-10-18(11-9-16)22(25)26/h2,4-5,8-12,19-20H,3,6-7,13-14H2,1H3,(H,23,24)(H,25,26). The van der Waals surface area contributed by atoms with Crippen LogP contribution in [0.1, 0.15) is 46.3 Å². The second kappa shape index (κ2) is 8.17. The number of carbonyl (C=O) groups excluding carboxylic acids is 1. The molecule has 26 heavy (non-hydrogen) atoms. The number of amides is 1. The maximum absolute atomic E-state index is 12.7. The second-order valence-electron chi connectivity index (χ2n) is 7.21. The molecule has 1 amide bonds. The zero-order valence-electron chi connectivity index (χ0n) is 15.1. The van der Waals surface area contributed by atoms with E-state index in [2.05, 4.69) is 36.5 Å². The number of hydrogen-bond donors (Lipinski definition) is 2. The van der Waals surface area contributed by atoms with Gasteiger partial charge in [-0.15, -0.1) is 0 Å². The third-order valence-electron chi connectivity index (χ3n) is 5.24. The van der Waals surface area contributed by atoms with Crippen molar-refractivity contribution in [1.82, 2.24) is 5.32 Å². The average Bonchev–Trinajstić information content (AvgIpc) is 3.08. The fourth-order valence-electron chi connectivity index (χ4n) is 3.85. The van der Waals surface area contributed by atoms with Gasteiger partial charge in [0.05, 0.1) is 5.56 Å². The molecule has 4 nitrogen and oxygen atoms in total. The van der Waals surface area contributed by atoms with Gasteiger partial charge in [-0.3, -0.25) is 4.79 Å². The highest BCUT2D eigenvalue weighted by atomic mass is 16.4. The van der Waals surface area contributed by atoms with E-state index in [1.807, 2.05) is 0 Å². The molecular weight excluding hydrogens is 326 g/mol. The predicted molar refractivity (Wildman–Crippen MR) is 101 cm³/mol. The molecular formula is C22H25NO3. The minimum atomic E-state index is -0.939. The largest absolute Gasteiger partial charge is 0.478 e. The van der Waals surface area contributed by atoms with Crippen LogP contribution in [0.15, 0.2) is 48.5 Å². The molecule has 4 heteroatoms. The van der Waals surface area contributed by atoms with Gasteiger partial charge in [0.25, 0.3) is 0 Å². The van der Waals surface area contributed by atoms with Crippen molar-refractivity contribution in [3.8, 4) is 0 Å². The monoisotopic (exact) mass is 351 g/mol. The topological polar surface area (TPSA) is 66.4 Å². The van der Waals surface area contributed by atoms with Crippen molar-refractivity contribution in [2.45, 2.75) is 39.2 Å². The lowest BCUT2D eigenvalue weighted by Gasteiger charge is -2.19. The van der Waals surface area contributed by atoms with Crippen molar-refractivity contribution in [2.24, 2.45) is 11.8 Å². The van der Waals surface area contributed by atoms with Crippen LogP contribution in [-0.4, -0.2) is 17.0 Å². The molecule has 2 atom stereocenters. The Bertz CT molecular complexity index is 782. The molecule has 1 fully saturated rings. The van der Waals surface area contributed by atoms with Crippen LogP contribution in [0.5, 0.6) is 0 Å². The van der Waals surface area contributed by atoms with Gasteiger partial charge in [-0.05, 0) is 55.4 Å². The van der Waals surface area contributed by atoms with Gasteiger partial charge in [-0.25, -0.2) is 4.79 Å². The summed E-state index contributed by atoms with van der Waals surface area (Å²) < 4.78 is 0. The molecule has 136 valence electrons. The summed E-state index contributed by atoms with van der Waals surface area (Å²) in [4.78, 5) is 23.5. The number of rotatable bonds is 6. The van der Waals surface area contributed by atoms with E-state index in [1.165, 1.54) is 11.1 Å². The van der Waals surface area contributed by atoms with Crippen LogP contribution in [0.4, 0.5) is 0 Å². The minimum absolute atomic E-state index is 0.0637. The van der Waals surface area contributed by atoms with Gasteiger partial charge in [-0.1, -0.05) is 48.4 Å². The van der Waals surface area contributed by atoms with Gasteiger partial charge in [0.15, 0.2) is 0 Å². The fraction of sp³-hybridized carbons (Fsp3) is 0.364. The molecule has 0 radical (unpaired) electrons. The Morgan fingerprint density at radius 3 is 2.54 bits per heavy atom. The van der Waals surface area contributed by atoms with Gasteiger partial charge < -0.3 is 10.4 Å². The summed E-state index contributed by atoms with van der Waals surface area (Å²) in [5, 5.41) is 12.0. The second-order valence-corrected chi connectivity index (χ2v) is 7.21.